The number of aromatic nitrogens is 2. The van der Waals surface area contributed by atoms with Gasteiger partial charge in [-0.05, 0) is 48.4 Å². The van der Waals surface area contributed by atoms with E-state index in [9.17, 15) is 9.90 Å². The Labute approximate surface area is 182 Å². The van der Waals surface area contributed by atoms with E-state index in [1.807, 2.05) is 6.07 Å². The van der Waals surface area contributed by atoms with Gasteiger partial charge in [0.1, 0.15) is 11.4 Å². The number of nitrogens with zero attached hydrogens (tertiary/aromatic N) is 2. The highest BCUT2D eigenvalue weighted by Gasteiger charge is 2.26. The second-order valence-corrected chi connectivity index (χ2v) is 9.23. The molecule has 1 aliphatic carbocycles. The molecule has 4 rings (SSSR count). The second kappa shape index (κ2) is 7.94. The molecule has 0 bridgehead atoms. The van der Waals surface area contributed by atoms with Crippen LogP contribution >= 0.6 is 34.5 Å². The molecule has 0 radical (unpaired) electrons. The van der Waals surface area contributed by atoms with Crippen molar-refractivity contribution in [3.05, 3.63) is 56.5 Å². The summed E-state index contributed by atoms with van der Waals surface area (Å²) < 4.78 is 0. The SMILES string of the molecule is CC(C)c1sc(Nc2ncc(C3CC3)cc2C(=O)O)nc1-c1ccc(Cl)c(Cl)c1. The molecule has 1 aromatic carbocycles. The molecule has 0 aliphatic heterocycles. The zero-order valence-electron chi connectivity index (χ0n) is 15.9. The lowest BCUT2D eigenvalue weighted by atomic mass is 10.1. The van der Waals surface area contributed by atoms with E-state index < -0.39 is 5.97 Å². The van der Waals surface area contributed by atoms with Gasteiger partial charge in [0.25, 0.3) is 0 Å². The van der Waals surface area contributed by atoms with Crippen molar-refractivity contribution < 1.29 is 9.90 Å². The van der Waals surface area contributed by atoms with Crippen molar-refractivity contribution in [2.24, 2.45) is 0 Å². The van der Waals surface area contributed by atoms with E-state index in [1.165, 1.54) is 11.3 Å². The van der Waals surface area contributed by atoms with Crippen molar-refractivity contribution in [2.45, 2.75) is 38.5 Å². The van der Waals surface area contributed by atoms with E-state index in [-0.39, 0.29) is 11.5 Å². The Morgan fingerprint density at radius 3 is 2.62 bits per heavy atom. The third kappa shape index (κ3) is 4.25. The fraction of sp³-hybridized carbons (Fsp3) is 0.286. The highest BCUT2D eigenvalue weighted by atomic mass is 35.5. The zero-order valence-corrected chi connectivity index (χ0v) is 18.2. The van der Waals surface area contributed by atoms with Crippen molar-refractivity contribution in [1.29, 1.82) is 0 Å². The van der Waals surface area contributed by atoms with Crippen molar-refractivity contribution in [3.63, 3.8) is 0 Å². The number of hydrogen-bond donors (Lipinski definition) is 2. The number of nitrogens with one attached hydrogen (secondary N) is 1. The van der Waals surface area contributed by atoms with Crippen molar-refractivity contribution >= 4 is 51.5 Å². The second-order valence-electron chi connectivity index (χ2n) is 7.38. The first-order valence-corrected chi connectivity index (χ1v) is 10.9. The molecule has 5 nitrogen and oxygen atoms in total. The number of carbonyl (C=O) groups is 1. The van der Waals surface area contributed by atoms with Gasteiger partial charge in [-0.1, -0.05) is 43.1 Å². The lowest BCUT2D eigenvalue weighted by molar-refractivity contribution is 0.0697. The minimum Gasteiger partial charge on any atom is -0.478 e. The molecule has 8 heteroatoms. The maximum atomic E-state index is 11.8. The molecule has 0 amide bonds. The number of aromatic carboxylic acids is 1. The lowest BCUT2D eigenvalue weighted by Gasteiger charge is -2.08. The van der Waals surface area contributed by atoms with Crippen LogP contribution in [0.5, 0.6) is 0 Å². The third-order valence-electron chi connectivity index (χ3n) is 4.78. The van der Waals surface area contributed by atoms with Gasteiger partial charge in [-0.15, -0.1) is 11.3 Å². The van der Waals surface area contributed by atoms with Crippen molar-refractivity contribution in [3.8, 4) is 11.3 Å². The van der Waals surface area contributed by atoms with Crippen molar-refractivity contribution in [1.82, 2.24) is 9.97 Å². The normalized spacial score (nSPS) is 13.7. The Hall–Kier alpha value is -2.15. The quantitative estimate of drug-likeness (QED) is 0.427. The number of thiazole rings is 1. The van der Waals surface area contributed by atoms with Gasteiger partial charge in [-0.25, -0.2) is 14.8 Å². The number of rotatable bonds is 6. The van der Waals surface area contributed by atoms with Crippen LogP contribution in [0.15, 0.2) is 30.5 Å². The predicted molar refractivity (Wildman–Crippen MR) is 118 cm³/mol. The first-order chi connectivity index (χ1) is 13.8. The van der Waals surface area contributed by atoms with E-state index in [0.29, 0.717) is 26.9 Å². The molecule has 3 aromatic rings. The molecule has 1 aliphatic rings. The number of halogens is 2. The molecule has 1 fully saturated rings. The Morgan fingerprint density at radius 2 is 2.00 bits per heavy atom. The first kappa shape index (κ1) is 20.1. The largest absolute Gasteiger partial charge is 0.478 e. The van der Waals surface area contributed by atoms with Crippen LogP contribution in [0.25, 0.3) is 11.3 Å². The monoisotopic (exact) mass is 447 g/mol. The van der Waals surface area contributed by atoms with E-state index in [0.717, 1.165) is 34.5 Å². The van der Waals surface area contributed by atoms with E-state index in [4.69, 9.17) is 28.2 Å². The van der Waals surface area contributed by atoms with Crippen LogP contribution in [-0.4, -0.2) is 21.0 Å². The maximum absolute atomic E-state index is 11.8. The van der Waals surface area contributed by atoms with Gasteiger partial charge in [0, 0.05) is 16.6 Å². The number of anilines is 2. The third-order valence-corrected chi connectivity index (χ3v) is 6.79. The zero-order chi connectivity index (χ0) is 20.7. The Morgan fingerprint density at radius 1 is 1.24 bits per heavy atom. The van der Waals surface area contributed by atoms with E-state index in [1.54, 1.807) is 24.4 Å². The number of carboxylic acid groups (broad SMARTS) is 1. The Kier molecular flexibility index (Phi) is 5.51. The van der Waals surface area contributed by atoms with Gasteiger partial charge in [0.05, 0.1) is 15.7 Å². The molecule has 1 saturated carbocycles. The topological polar surface area (TPSA) is 75.1 Å². The van der Waals surface area contributed by atoms with E-state index in [2.05, 4.69) is 24.1 Å². The standard InChI is InChI=1S/C21H19Cl2N3O2S/c1-10(2)18-17(12-5-6-15(22)16(23)8-12)25-21(29-18)26-19-14(20(27)28)7-13(9-24-19)11-3-4-11/h5-11H,3-4H2,1-2H3,(H,27,28)(H,24,25,26). The smallest absolute Gasteiger partial charge is 0.339 e. The van der Waals surface area contributed by atoms with Crippen molar-refractivity contribution in [2.75, 3.05) is 5.32 Å². The summed E-state index contributed by atoms with van der Waals surface area (Å²) in [5.74, 6) is -0.0422. The highest BCUT2D eigenvalue weighted by Crippen LogP contribution is 2.42. The van der Waals surface area contributed by atoms with Gasteiger partial charge >= 0.3 is 5.97 Å². The summed E-state index contributed by atoms with van der Waals surface area (Å²) in [6.07, 6.45) is 3.93. The average molecular weight is 448 g/mol. The summed E-state index contributed by atoms with van der Waals surface area (Å²) >= 11 is 13.7. The predicted octanol–water partition coefficient (Wildman–Crippen LogP) is 6.95. The summed E-state index contributed by atoms with van der Waals surface area (Å²) in [6, 6.07) is 7.13. The number of hydrogen-bond acceptors (Lipinski definition) is 5. The Balaban J connectivity index is 1.71. The molecular weight excluding hydrogens is 429 g/mol. The molecule has 0 atom stereocenters. The molecule has 29 heavy (non-hydrogen) atoms. The van der Waals surface area contributed by atoms with Crippen LogP contribution in [0.2, 0.25) is 10.0 Å². The summed E-state index contributed by atoms with van der Waals surface area (Å²) in [5.41, 5.74) is 2.80. The van der Waals surface area contributed by atoms with Gasteiger partial charge < -0.3 is 10.4 Å². The molecule has 150 valence electrons. The van der Waals surface area contributed by atoms with Crippen LogP contribution < -0.4 is 5.32 Å². The fourth-order valence-electron chi connectivity index (χ4n) is 3.11. The number of pyridine rings is 1. The summed E-state index contributed by atoms with van der Waals surface area (Å²) in [6.45, 7) is 4.17. The van der Waals surface area contributed by atoms with Gasteiger partial charge in [0.15, 0.2) is 5.13 Å². The summed E-state index contributed by atoms with van der Waals surface area (Å²) in [5, 5.41) is 14.3. The van der Waals surface area contributed by atoms with Gasteiger partial charge in [0.2, 0.25) is 0 Å². The van der Waals surface area contributed by atoms with Crippen LogP contribution in [-0.2, 0) is 0 Å². The Bertz CT molecular complexity index is 1090. The average Bonchev–Trinajstić information content (AvgIpc) is 3.44. The first-order valence-electron chi connectivity index (χ1n) is 9.30. The molecule has 2 heterocycles. The minimum absolute atomic E-state index is 0.159. The minimum atomic E-state index is -1.01. The molecule has 0 saturated heterocycles. The lowest BCUT2D eigenvalue weighted by Crippen LogP contribution is -2.06. The number of carboxylic acids is 1. The highest BCUT2D eigenvalue weighted by molar-refractivity contribution is 7.16. The summed E-state index contributed by atoms with van der Waals surface area (Å²) in [7, 11) is 0. The molecule has 2 aromatic heterocycles. The molecule has 0 spiro atoms. The van der Waals surface area contributed by atoms with Gasteiger partial charge in [-0.2, -0.15) is 0 Å². The fourth-order valence-corrected chi connectivity index (χ4v) is 4.40. The van der Waals surface area contributed by atoms with E-state index >= 15 is 0 Å². The summed E-state index contributed by atoms with van der Waals surface area (Å²) in [4.78, 5) is 21.9. The molecule has 0 unspecified atom stereocenters. The molecular formula is C21H19Cl2N3O2S. The van der Waals surface area contributed by atoms with Crippen LogP contribution in [0.4, 0.5) is 10.9 Å². The van der Waals surface area contributed by atoms with Crippen LogP contribution in [0.3, 0.4) is 0 Å². The van der Waals surface area contributed by atoms with Crippen LogP contribution in [0.1, 0.15) is 59.3 Å². The van der Waals surface area contributed by atoms with Gasteiger partial charge in [-0.3, -0.25) is 0 Å². The number of benzene rings is 1. The van der Waals surface area contributed by atoms with Crippen LogP contribution in [0, 0.1) is 0 Å². The maximum Gasteiger partial charge on any atom is 0.339 e. The molecule has 2 N–H and O–H groups in total.